The zero-order chi connectivity index (χ0) is 19.2. The topological polar surface area (TPSA) is 83.5 Å². The Morgan fingerprint density at radius 1 is 1.31 bits per heavy atom. The fourth-order valence-corrected chi connectivity index (χ4v) is 6.88. The standard InChI is InChI=1S/C19H27NO4S2/c1-18(2)14-8-9-19(18,17(22)10-14)12-26(23,24)20-11-16(21)13-4-6-15(25-3)7-5-13/h4-7,14,16,20-21H,8-12H2,1-3H3. The van der Waals surface area contributed by atoms with Crippen LogP contribution in [0.1, 0.15) is 44.8 Å². The van der Waals surface area contributed by atoms with E-state index in [1.165, 1.54) is 0 Å². The highest BCUT2D eigenvalue weighted by Gasteiger charge is 2.65. The Labute approximate surface area is 160 Å². The summed E-state index contributed by atoms with van der Waals surface area (Å²) in [5, 5.41) is 10.3. The van der Waals surface area contributed by atoms with Crippen molar-refractivity contribution in [2.24, 2.45) is 16.7 Å². The number of nitrogens with one attached hydrogen (secondary N) is 1. The molecule has 1 aromatic rings. The first-order valence-electron chi connectivity index (χ1n) is 8.94. The lowest BCUT2D eigenvalue weighted by atomic mass is 9.70. The van der Waals surface area contributed by atoms with E-state index >= 15 is 0 Å². The number of rotatable bonds is 7. The first-order chi connectivity index (χ1) is 12.1. The second-order valence-corrected chi connectivity index (χ2v) is 10.7. The minimum atomic E-state index is -3.66. The zero-order valence-corrected chi connectivity index (χ0v) is 17.1. The van der Waals surface area contributed by atoms with Crippen LogP contribution in [0.15, 0.2) is 29.2 Å². The van der Waals surface area contributed by atoms with Crippen LogP contribution in [0.25, 0.3) is 0 Å². The van der Waals surface area contributed by atoms with E-state index in [0.717, 1.165) is 11.3 Å². The quantitative estimate of drug-likeness (QED) is 0.691. The average molecular weight is 398 g/mol. The second kappa shape index (κ2) is 6.93. The molecule has 2 aliphatic carbocycles. The first-order valence-corrected chi connectivity index (χ1v) is 11.8. The van der Waals surface area contributed by atoms with Gasteiger partial charge in [0.2, 0.25) is 10.0 Å². The van der Waals surface area contributed by atoms with E-state index in [4.69, 9.17) is 0 Å². The molecule has 2 fully saturated rings. The largest absolute Gasteiger partial charge is 0.387 e. The number of ketones is 1. The monoisotopic (exact) mass is 397 g/mol. The van der Waals surface area contributed by atoms with Crippen molar-refractivity contribution in [2.75, 3.05) is 18.6 Å². The number of thioether (sulfide) groups is 1. The highest BCUT2D eigenvalue weighted by atomic mass is 32.2. The Kier molecular flexibility index (Phi) is 5.29. The summed E-state index contributed by atoms with van der Waals surface area (Å²) in [4.78, 5) is 13.6. The fraction of sp³-hybridized carbons (Fsp3) is 0.632. The highest BCUT2D eigenvalue weighted by Crippen LogP contribution is 2.64. The number of Topliss-reactive ketones (excluding diaryl/α,β-unsaturated/α-hetero) is 1. The van der Waals surface area contributed by atoms with E-state index in [1.54, 1.807) is 23.9 Å². The molecule has 2 N–H and O–H groups in total. The summed E-state index contributed by atoms with van der Waals surface area (Å²) in [6.07, 6.45) is 3.11. The van der Waals surface area contributed by atoms with Crippen LogP contribution in [0.4, 0.5) is 0 Å². The molecule has 2 aliphatic rings. The van der Waals surface area contributed by atoms with Crippen molar-refractivity contribution in [3.05, 3.63) is 29.8 Å². The molecule has 2 bridgehead atoms. The van der Waals surface area contributed by atoms with Crippen LogP contribution in [-0.2, 0) is 14.8 Å². The van der Waals surface area contributed by atoms with Crippen LogP contribution in [0, 0.1) is 16.7 Å². The van der Waals surface area contributed by atoms with Crippen LogP contribution < -0.4 is 4.72 Å². The molecule has 0 heterocycles. The van der Waals surface area contributed by atoms with Gasteiger partial charge in [-0.15, -0.1) is 11.8 Å². The van der Waals surface area contributed by atoms with Gasteiger partial charge in [-0.25, -0.2) is 13.1 Å². The maximum Gasteiger partial charge on any atom is 0.212 e. The number of aliphatic hydroxyl groups is 1. The molecule has 0 aromatic heterocycles. The third-order valence-electron chi connectivity index (χ3n) is 6.57. The molecule has 3 unspecified atom stereocenters. The maximum atomic E-state index is 12.7. The van der Waals surface area contributed by atoms with E-state index < -0.39 is 21.5 Å². The zero-order valence-electron chi connectivity index (χ0n) is 15.5. The number of hydrogen-bond donors (Lipinski definition) is 2. The Bertz CT molecular complexity index is 788. The lowest BCUT2D eigenvalue weighted by molar-refractivity contribution is -0.128. The SMILES string of the molecule is CSc1ccc(C(O)CNS(=O)(=O)CC23CCC(CC2=O)C3(C)C)cc1. The van der Waals surface area contributed by atoms with Gasteiger partial charge in [-0.3, -0.25) is 4.79 Å². The molecule has 7 heteroatoms. The minimum Gasteiger partial charge on any atom is -0.387 e. The van der Waals surface area contributed by atoms with Crippen molar-refractivity contribution in [3.8, 4) is 0 Å². The van der Waals surface area contributed by atoms with Gasteiger partial charge in [-0.05, 0) is 48.1 Å². The summed E-state index contributed by atoms with van der Waals surface area (Å²) in [6, 6.07) is 7.40. The van der Waals surface area contributed by atoms with Crippen molar-refractivity contribution in [3.63, 3.8) is 0 Å². The van der Waals surface area contributed by atoms with Crippen LogP contribution >= 0.6 is 11.8 Å². The van der Waals surface area contributed by atoms with E-state index in [-0.39, 0.29) is 29.4 Å². The molecular weight excluding hydrogens is 370 g/mol. The number of benzene rings is 1. The van der Waals surface area contributed by atoms with Crippen molar-refractivity contribution >= 4 is 27.6 Å². The van der Waals surface area contributed by atoms with Gasteiger partial charge in [-0.1, -0.05) is 26.0 Å². The Balaban J connectivity index is 1.66. The van der Waals surface area contributed by atoms with E-state index in [1.807, 2.05) is 32.2 Å². The maximum absolute atomic E-state index is 12.7. The second-order valence-electron chi connectivity index (χ2n) is 8.06. The van der Waals surface area contributed by atoms with Gasteiger partial charge in [0.25, 0.3) is 0 Å². The number of sulfonamides is 1. The summed E-state index contributed by atoms with van der Waals surface area (Å²) in [7, 11) is -3.66. The van der Waals surface area contributed by atoms with Gasteiger partial charge in [0, 0.05) is 23.3 Å². The van der Waals surface area contributed by atoms with Gasteiger partial charge in [0.05, 0.1) is 11.9 Å². The molecule has 1 aromatic carbocycles. The molecule has 0 saturated heterocycles. The number of carbonyl (C=O) groups is 1. The number of fused-ring (bicyclic) bond motifs is 2. The van der Waals surface area contributed by atoms with Gasteiger partial charge < -0.3 is 5.11 Å². The molecule has 0 spiro atoms. The molecule has 0 amide bonds. The molecular formula is C19H27NO4S2. The third kappa shape index (κ3) is 3.35. The van der Waals surface area contributed by atoms with Crippen molar-refractivity contribution in [2.45, 2.75) is 44.1 Å². The molecule has 3 rings (SSSR count). The molecule has 2 saturated carbocycles. The number of aliphatic hydroxyl groups excluding tert-OH is 1. The predicted molar refractivity (Wildman–Crippen MR) is 104 cm³/mol. The Hall–Kier alpha value is -0.890. The lowest BCUT2D eigenvalue weighted by Gasteiger charge is -2.36. The summed E-state index contributed by atoms with van der Waals surface area (Å²) >= 11 is 1.61. The predicted octanol–water partition coefficient (Wildman–Crippen LogP) is 2.76. The normalized spacial score (nSPS) is 28.5. The van der Waals surface area contributed by atoms with Crippen LogP contribution in [0.2, 0.25) is 0 Å². The highest BCUT2D eigenvalue weighted by molar-refractivity contribution is 7.98. The fourth-order valence-electron chi connectivity index (χ4n) is 4.63. The molecule has 0 radical (unpaired) electrons. The van der Waals surface area contributed by atoms with Gasteiger partial charge in [-0.2, -0.15) is 0 Å². The van der Waals surface area contributed by atoms with E-state index in [9.17, 15) is 18.3 Å². The Morgan fingerprint density at radius 3 is 2.46 bits per heavy atom. The molecule has 5 nitrogen and oxygen atoms in total. The van der Waals surface area contributed by atoms with Crippen LogP contribution in [0.5, 0.6) is 0 Å². The molecule has 3 atom stereocenters. The van der Waals surface area contributed by atoms with E-state index in [2.05, 4.69) is 4.72 Å². The smallest absolute Gasteiger partial charge is 0.212 e. The molecule has 0 aliphatic heterocycles. The summed E-state index contributed by atoms with van der Waals surface area (Å²) in [6.45, 7) is 3.95. The van der Waals surface area contributed by atoms with Gasteiger partial charge in [0.1, 0.15) is 5.78 Å². The molecule has 144 valence electrons. The van der Waals surface area contributed by atoms with Gasteiger partial charge >= 0.3 is 0 Å². The molecule has 26 heavy (non-hydrogen) atoms. The van der Waals surface area contributed by atoms with Gasteiger partial charge in [0.15, 0.2) is 0 Å². The average Bonchev–Trinajstić information content (AvgIpc) is 2.93. The summed E-state index contributed by atoms with van der Waals surface area (Å²) in [5.41, 5.74) is -0.401. The van der Waals surface area contributed by atoms with Crippen molar-refractivity contribution in [1.82, 2.24) is 4.72 Å². The number of carbonyl (C=O) groups excluding carboxylic acids is 1. The minimum absolute atomic E-state index is 0.0809. The number of hydrogen-bond acceptors (Lipinski definition) is 5. The van der Waals surface area contributed by atoms with Crippen LogP contribution in [-0.4, -0.2) is 37.9 Å². The van der Waals surface area contributed by atoms with E-state index in [0.29, 0.717) is 18.4 Å². The van der Waals surface area contributed by atoms with Crippen LogP contribution in [0.3, 0.4) is 0 Å². The van der Waals surface area contributed by atoms with Crippen molar-refractivity contribution < 1.29 is 18.3 Å². The summed E-state index contributed by atoms with van der Waals surface area (Å²) in [5.74, 6) is 0.184. The lowest BCUT2D eigenvalue weighted by Crippen LogP contribution is -2.45. The third-order valence-corrected chi connectivity index (χ3v) is 8.80. The van der Waals surface area contributed by atoms with Crippen molar-refractivity contribution in [1.29, 1.82) is 0 Å². The Morgan fingerprint density at radius 2 is 1.96 bits per heavy atom. The first kappa shape index (κ1) is 19.9. The summed E-state index contributed by atoms with van der Waals surface area (Å²) < 4.78 is 27.8.